The molecule has 2 aromatic rings. The highest BCUT2D eigenvalue weighted by Crippen LogP contribution is 2.36. The van der Waals surface area contributed by atoms with Crippen LogP contribution in [0.25, 0.3) is 0 Å². The van der Waals surface area contributed by atoms with Gasteiger partial charge in [-0.1, -0.05) is 60.7 Å². The molecule has 23 heavy (non-hydrogen) atoms. The fraction of sp³-hybridized carbons (Fsp3) is 0.118. The quantitative estimate of drug-likeness (QED) is 0.863. The Morgan fingerprint density at radius 2 is 1.43 bits per heavy atom. The topological polar surface area (TPSA) is 75.7 Å². The van der Waals surface area contributed by atoms with E-state index in [1.807, 2.05) is 12.1 Å². The summed E-state index contributed by atoms with van der Waals surface area (Å²) in [5.41, 5.74) is -0.319. The van der Waals surface area contributed by atoms with Crippen LogP contribution in [-0.4, -0.2) is 30.0 Å². The molecule has 116 valence electrons. The second-order valence-electron chi connectivity index (χ2n) is 5.02. The van der Waals surface area contributed by atoms with Gasteiger partial charge in [-0.3, -0.25) is 4.79 Å². The molecule has 0 bridgehead atoms. The van der Waals surface area contributed by atoms with Gasteiger partial charge >= 0.3 is 12.1 Å². The summed E-state index contributed by atoms with van der Waals surface area (Å²) in [5.74, 6) is -0.688. The fourth-order valence-corrected chi connectivity index (χ4v) is 2.72. The number of carbonyl (C=O) groups excluding carboxylic acids is 3. The van der Waals surface area contributed by atoms with Crippen LogP contribution in [0, 0.1) is 0 Å². The molecule has 3 rings (SSSR count). The van der Waals surface area contributed by atoms with Crippen molar-refractivity contribution >= 4 is 18.0 Å². The Balaban J connectivity index is 2.21. The van der Waals surface area contributed by atoms with E-state index in [0.29, 0.717) is 16.0 Å². The lowest BCUT2D eigenvalue weighted by atomic mass is 9.83. The first-order chi connectivity index (χ1) is 11.1. The van der Waals surface area contributed by atoms with Crippen molar-refractivity contribution in [2.75, 3.05) is 7.11 Å². The second kappa shape index (κ2) is 5.57. The van der Waals surface area contributed by atoms with Crippen LogP contribution in [0.4, 0.5) is 9.59 Å². The zero-order valence-electron chi connectivity index (χ0n) is 12.4. The number of benzene rings is 2. The van der Waals surface area contributed by atoms with E-state index in [2.05, 4.69) is 10.1 Å². The maximum absolute atomic E-state index is 13.0. The first-order valence-electron chi connectivity index (χ1n) is 6.97. The molecule has 0 atom stereocenters. The number of nitrogens with zero attached hydrogens (tertiary/aromatic N) is 1. The summed E-state index contributed by atoms with van der Waals surface area (Å²) in [4.78, 5) is 37.5. The van der Waals surface area contributed by atoms with Gasteiger partial charge in [0.15, 0.2) is 5.54 Å². The molecule has 0 aromatic heterocycles. The van der Waals surface area contributed by atoms with Crippen LogP contribution in [-0.2, 0) is 15.1 Å². The van der Waals surface area contributed by atoms with Gasteiger partial charge < -0.3 is 10.1 Å². The summed E-state index contributed by atoms with van der Waals surface area (Å²) in [6, 6.07) is 16.8. The first-order valence-corrected chi connectivity index (χ1v) is 6.97. The summed E-state index contributed by atoms with van der Waals surface area (Å²) in [5, 5.41) is 2.65. The highest BCUT2D eigenvalue weighted by atomic mass is 16.5. The van der Waals surface area contributed by atoms with Crippen molar-refractivity contribution in [2.45, 2.75) is 5.54 Å². The summed E-state index contributed by atoms with van der Waals surface area (Å²) in [6.07, 6.45) is -1.01. The molecule has 0 saturated carbocycles. The van der Waals surface area contributed by atoms with Crippen molar-refractivity contribution in [1.29, 1.82) is 0 Å². The van der Waals surface area contributed by atoms with Crippen LogP contribution < -0.4 is 5.32 Å². The van der Waals surface area contributed by atoms with Crippen molar-refractivity contribution in [3.8, 4) is 0 Å². The third kappa shape index (κ3) is 2.15. The van der Waals surface area contributed by atoms with Gasteiger partial charge in [-0.25, -0.2) is 9.59 Å². The SMILES string of the molecule is COC(=O)N1C(=O)NC(c2ccccc2)(c2ccccc2)C1=O. The Bertz CT molecular complexity index is 719. The van der Waals surface area contributed by atoms with Crippen molar-refractivity contribution < 1.29 is 19.1 Å². The lowest BCUT2D eigenvalue weighted by molar-refractivity contribution is -0.128. The van der Waals surface area contributed by atoms with Gasteiger partial charge in [0.05, 0.1) is 7.11 Å². The van der Waals surface area contributed by atoms with Crippen molar-refractivity contribution in [1.82, 2.24) is 10.2 Å². The lowest BCUT2D eigenvalue weighted by Crippen LogP contribution is -2.45. The van der Waals surface area contributed by atoms with Crippen LogP contribution in [0.3, 0.4) is 0 Å². The number of rotatable bonds is 2. The van der Waals surface area contributed by atoms with Gasteiger partial charge in [0.25, 0.3) is 5.91 Å². The predicted octanol–water partition coefficient (Wildman–Crippen LogP) is 2.25. The van der Waals surface area contributed by atoms with Crippen molar-refractivity contribution in [3.63, 3.8) is 0 Å². The van der Waals surface area contributed by atoms with Gasteiger partial charge in [0.1, 0.15) is 0 Å². The Kier molecular flexibility index (Phi) is 3.57. The molecule has 2 aromatic carbocycles. The summed E-state index contributed by atoms with van der Waals surface area (Å²) < 4.78 is 4.55. The number of ether oxygens (including phenoxy) is 1. The van der Waals surface area contributed by atoms with Crippen LogP contribution >= 0.6 is 0 Å². The van der Waals surface area contributed by atoms with E-state index in [9.17, 15) is 14.4 Å². The monoisotopic (exact) mass is 310 g/mol. The standard InChI is InChI=1S/C17H14N2O4/c1-23-16(22)19-14(20)17(18-15(19)21,12-8-4-2-5-9-12)13-10-6-3-7-11-13/h2-11H,1H3,(H,18,21). The largest absolute Gasteiger partial charge is 0.452 e. The zero-order chi connectivity index (χ0) is 16.4. The maximum atomic E-state index is 13.0. The Hall–Kier alpha value is -3.15. The predicted molar refractivity (Wildman–Crippen MR) is 81.4 cm³/mol. The van der Waals surface area contributed by atoms with E-state index < -0.39 is 23.6 Å². The third-order valence-electron chi connectivity index (χ3n) is 3.79. The smallest absolute Gasteiger partial charge is 0.424 e. The number of methoxy groups -OCH3 is 1. The average Bonchev–Trinajstić information content (AvgIpc) is 2.87. The molecule has 0 radical (unpaired) electrons. The number of hydrogen-bond acceptors (Lipinski definition) is 4. The highest BCUT2D eigenvalue weighted by Gasteiger charge is 2.56. The fourth-order valence-electron chi connectivity index (χ4n) is 2.72. The Morgan fingerprint density at radius 1 is 0.957 bits per heavy atom. The number of urea groups is 1. The molecule has 6 nitrogen and oxygen atoms in total. The molecule has 1 heterocycles. The van der Waals surface area contributed by atoms with E-state index in [1.54, 1.807) is 48.5 Å². The minimum atomic E-state index is -1.45. The number of carbonyl (C=O) groups is 3. The summed E-state index contributed by atoms with van der Waals surface area (Å²) in [7, 11) is 1.12. The van der Waals surface area contributed by atoms with E-state index in [1.165, 1.54) is 0 Å². The lowest BCUT2D eigenvalue weighted by Gasteiger charge is -2.27. The Labute approximate surface area is 132 Å². The molecule has 1 aliphatic rings. The minimum absolute atomic E-state index is 0.486. The van der Waals surface area contributed by atoms with Crippen LogP contribution in [0.15, 0.2) is 60.7 Å². The summed E-state index contributed by atoms with van der Waals surface area (Å²) in [6.45, 7) is 0. The second-order valence-corrected chi connectivity index (χ2v) is 5.02. The normalized spacial score (nSPS) is 16.1. The van der Waals surface area contributed by atoms with Gasteiger partial charge in [-0.2, -0.15) is 4.90 Å². The molecule has 6 heteroatoms. The van der Waals surface area contributed by atoms with Crippen LogP contribution in [0.2, 0.25) is 0 Å². The van der Waals surface area contributed by atoms with E-state index in [0.717, 1.165) is 7.11 Å². The summed E-state index contributed by atoms with van der Waals surface area (Å²) >= 11 is 0. The molecule has 1 aliphatic heterocycles. The van der Waals surface area contributed by atoms with Gasteiger partial charge in [0, 0.05) is 0 Å². The highest BCUT2D eigenvalue weighted by molar-refractivity contribution is 6.18. The molecular weight excluding hydrogens is 296 g/mol. The van der Waals surface area contributed by atoms with E-state index >= 15 is 0 Å². The van der Waals surface area contributed by atoms with E-state index in [-0.39, 0.29) is 0 Å². The van der Waals surface area contributed by atoms with Crippen molar-refractivity contribution in [2.24, 2.45) is 0 Å². The first kappa shape index (κ1) is 14.8. The molecule has 4 amide bonds. The van der Waals surface area contributed by atoms with E-state index in [4.69, 9.17) is 0 Å². The van der Waals surface area contributed by atoms with Gasteiger partial charge in [-0.05, 0) is 11.1 Å². The van der Waals surface area contributed by atoms with Gasteiger partial charge in [0.2, 0.25) is 0 Å². The third-order valence-corrected chi connectivity index (χ3v) is 3.79. The number of nitrogens with one attached hydrogen (secondary N) is 1. The molecule has 1 fully saturated rings. The molecule has 0 unspecified atom stereocenters. The Morgan fingerprint density at radius 3 is 1.87 bits per heavy atom. The maximum Gasteiger partial charge on any atom is 0.424 e. The number of imide groups is 3. The molecule has 0 spiro atoms. The number of hydrogen-bond donors (Lipinski definition) is 1. The average molecular weight is 310 g/mol. The molecule has 1 N–H and O–H groups in total. The van der Waals surface area contributed by atoms with Crippen LogP contribution in [0.5, 0.6) is 0 Å². The van der Waals surface area contributed by atoms with Crippen molar-refractivity contribution in [3.05, 3.63) is 71.8 Å². The molecule has 1 saturated heterocycles. The molecule has 0 aliphatic carbocycles. The zero-order valence-corrected chi connectivity index (χ0v) is 12.4. The van der Waals surface area contributed by atoms with Gasteiger partial charge in [-0.15, -0.1) is 0 Å². The van der Waals surface area contributed by atoms with Crippen LogP contribution in [0.1, 0.15) is 11.1 Å². The minimum Gasteiger partial charge on any atom is -0.452 e. The number of amides is 4. The molecular formula is C17H14N2O4.